The van der Waals surface area contributed by atoms with E-state index in [4.69, 9.17) is 4.74 Å². The summed E-state index contributed by atoms with van der Waals surface area (Å²) in [5.41, 5.74) is 0. The maximum atomic E-state index is 12.5. The van der Waals surface area contributed by atoms with Crippen molar-refractivity contribution >= 4 is 33.2 Å². The molecule has 1 amide bonds. The molecule has 7 nitrogen and oxygen atoms in total. The number of nitrogens with one attached hydrogen (secondary N) is 1. The predicted molar refractivity (Wildman–Crippen MR) is 99.3 cm³/mol. The van der Waals surface area contributed by atoms with Crippen molar-refractivity contribution < 1.29 is 22.7 Å². The molecule has 2 rings (SSSR count). The van der Waals surface area contributed by atoms with Crippen molar-refractivity contribution in [3.63, 3.8) is 0 Å². The number of carbonyl (C=O) groups is 2. The third kappa shape index (κ3) is 5.28. The average Bonchev–Trinajstić information content (AvgIpc) is 3.20. The largest absolute Gasteiger partial charge is 0.455 e. The summed E-state index contributed by atoms with van der Waals surface area (Å²) in [7, 11) is -3.48. The summed E-state index contributed by atoms with van der Waals surface area (Å²) in [4.78, 5) is 23.9. The molecular weight excluding hydrogens is 376 g/mol. The van der Waals surface area contributed by atoms with Gasteiger partial charge in [0.05, 0.1) is 5.92 Å². The molecule has 9 heteroatoms. The van der Waals surface area contributed by atoms with Crippen LogP contribution in [0.25, 0.3) is 0 Å². The zero-order chi connectivity index (χ0) is 19.2. The Morgan fingerprint density at radius 1 is 1.31 bits per heavy atom. The van der Waals surface area contributed by atoms with Crippen LogP contribution in [0, 0.1) is 5.92 Å². The fraction of sp³-hybridized carbons (Fsp3) is 0.647. The highest BCUT2D eigenvalue weighted by molar-refractivity contribution is 7.91. The molecule has 1 fully saturated rings. The van der Waals surface area contributed by atoms with Gasteiger partial charge in [-0.1, -0.05) is 19.9 Å². The third-order valence-corrected chi connectivity index (χ3v) is 7.84. The quantitative estimate of drug-likeness (QED) is 0.672. The van der Waals surface area contributed by atoms with Crippen LogP contribution < -0.4 is 5.32 Å². The highest BCUT2D eigenvalue weighted by atomic mass is 32.2. The van der Waals surface area contributed by atoms with Gasteiger partial charge < -0.3 is 10.1 Å². The van der Waals surface area contributed by atoms with Crippen molar-refractivity contribution in [2.45, 2.75) is 49.8 Å². The lowest BCUT2D eigenvalue weighted by atomic mass is 9.98. The number of nitrogens with zero attached hydrogens (tertiary/aromatic N) is 1. The minimum atomic E-state index is -3.48. The van der Waals surface area contributed by atoms with Gasteiger partial charge in [-0.2, -0.15) is 4.31 Å². The van der Waals surface area contributed by atoms with Crippen molar-refractivity contribution in [3.8, 4) is 0 Å². The first-order chi connectivity index (χ1) is 12.4. The van der Waals surface area contributed by atoms with E-state index < -0.39 is 16.0 Å². The van der Waals surface area contributed by atoms with Crippen molar-refractivity contribution in [1.82, 2.24) is 9.62 Å². The summed E-state index contributed by atoms with van der Waals surface area (Å²) >= 11 is 1.18. The molecule has 1 N–H and O–H groups in total. The van der Waals surface area contributed by atoms with Gasteiger partial charge in [0.15, 0.2) is 6.61 Å². The summed E-state index contributed by atoms with van der Waals surface area (Å²) in [6, 6.07) is 3.37. The molecular formula is C17H26N2O5S2. The van der Waals surface area contributed by atoms with Gasteiger partial charge >= 0.3 is 5.97 Å². The van der Waals surface area contributed by atoms with E-state index in [1.807, 2.05) is 13.8 Å². The Kier molecular flexibility index (Phi) is 7.60. The minimum absolute atomic E-state index is 0.0897. The molecule has 146 valence electrons. The lowest BCUT2D eigenvalue weighted by molar-refractivity contribution is -0.153. The Bertz CT molecular complexity index is 691. The van der Waals surface area contributed by atoms with Crippen LogP contribution in [-0.2, 0) is 24.3 Å². The summed E-state index contributed by atoms with van der Waals surface area (Å²) < 4.78 is 31.8. The van der Waals surface area contributed by atoms with E-state index in [1.165, 1.54) is 15.6 Å². The summed E-state index contributed by atoms with van der Waals surface area (Å²) in [5.74, 6) is -1.10. The molecule has 1 saturated heterocycles. The number of carbonyl (C=O) groups excluding carboxylic acids is 2. The Labute approximate surface area is 158 Å². The van der Waals surface area contributed by atoms with Crippen molar-refractivity contribution in [3.05, 3.63) is 17.5 Å². The molecule has 0 unspecified atom stereocenters. The minimum Gasteiger partial charge on any atom is -0.455 e. The maximum absolute atomic E-state index is 12.5. The van der Waals surface area contributed by atoms with Gasteiger partial charge in [-0.3, -0.25) is 9.59 Å². The number of hydrogen-bond acceptors (Lipinski definition) is 6. The van der Waals surface area contributed by atoms with E-state index in [0.29, 0.717) is 17.1 Å². The molecule has 0 atom stereocenters. The topological polar surface area (TPSA) is 92.8 Å². The van der Waals surface area contributed by atoms with Gasteiger partial charge in [-0.15, -0.1) is 11.3 Å². The summed E-state index contributed by atoms with van der Waals surface area (Å²) in [5, 5.41) is 4.54. The zero-order valence-corrected chi connectivity index (χ0v) is 16.8. The van der Waals surface area contributed by atoms with Crippen LogP contribution in [0.2, 0.25) is 0 Å². The van der Waals surface area contributed by atoms with E-state index >= 15 is 0 Å². The summed E-state index contributed by atoms with van der Waals surface area (Å²) in [6.07, 6.45) is 2.45. The molecule has 0 aliphatic carbocycles. The maximum Gasteiger partial charge on any atom is 0.309 e. The number of rotatable bonds is 8. The number of esters is 1. The molecule has 1 aromatic rings. The highest BCUT2D eigenvalue weighted by Gasteiger charge is 2.33. The van der Waals surface area contributed by atoms with E-state index in [0.717, 1.165) is 12.8 Å². The van der Waals surface area contributed by atoms with Gasteiger partial charge in [0.25, 0.3) is 15.9 Å². The van der Waals surface area contributed by atoms with E-state index in [-0.39, 0.29) is 37.6 Å². The Morgan fingerprint density at radius 3 is 2.50 bits per heavy atom. The Hall–Kier alpha value is -1.45. The Balaban J connectivity index is 1.79. The second kappa shape index (κ2) is 9.48. The van der Waals surface area contributed by atoms with Gasteiger partial charge in [0, 0.05) is 19.1 Å². The van der Waals surface area contributed by atoms with Crippen LogP contribution in [0.4, 0.5) is 0 Å². The first-order valence-corrected chi connectivity index (χ1v) is 11.2. The predicted octanol–water partition coefficient (Wildman–Crippen LogP) is 2.00. The fourth-order valence-electron chi connectivity index (χ4n) is 2.89. The van der Waals surface area contributed by atoms with E-state index in [9.17, 15) is 18.0 Å². The van der Waals surface area contributed by atoms with Crippen molar-refractivity contribution in [1.29, 1.82) is 0 Å². The number of piperidine rings is 1. The second-order valence-corrected chi connectivity index (χ2v) is 9.41. The van der Waals surface area contributed by atoms with Crippen LogP contribution in [0.15, 0.2) is 21.7 Å². The summed E-state index contributed by atoms with van der Waals surface area (Å²) in [6.45, 7) is 4.24. The fourth-order valence-corrected chi connectivity index (χ4v) is 5.50. The molecule has 1 aromatic heterocycles. The second-order valence-electron chi connectivity index (χ2n) is 6.30. The van der Waals surface area contributed by atoms with Gasteiger partial charge in [-0.05, 0) is 37.1 Å². The standard InChI is InChI=1S/C17H26N2O5S2/c1-3-14(4-2)18-15(20)12-24-17(21)13-7-9-19(10-8-13)26(22,23)16-6-5-11-25-16/h5-6,11,13-14H,3-4,7-10,12H2,1-2H3,(H,18,20). The van der Waals surface area contributed by atoms with Crippen LogP contribution >= 0.6 is 11.3 Å². The zero-order valence-electron chi connectivity index (χ0n) is 15.1. The van der Waals surface area contributed by atoms with Gasteiger partial charge in [-0.25, -0.2) is 8.42 Å². The first-order valence-electron chi connectivity index (χ1n) is 8.88. The molecule has 26 heavy (non-hydrogen) atoms. The molecule has 1 aliphatic heterocycles. The monoisotopic (exact) mass is 402 g/mol. The van der Waals surface area contributed by atoms with Crippen molar-refractivity contribution in [2.24, 2.45) is 5.92 Å². The normalized spacial score (nSPS) is 16.6. The Morgan fingerprint density at radius 2 is 1.96 bits per heavy atom. The molecule has 1 aliphatic rings. The van der Waals surface area contributed by atoms with Crippen molar-refractivity contribution in [2.75, 3.05) is 19.7 Å². The molecule has 2 heterocycles. The number of amides is 1. The van der Waals surface area contributed by atoms with E-state index in [2.05, 4.69) is 5.32 Å². The third-order valence-electron chi connectivity index (χ3n) is 4.57. The van der Waals surface area contributed by atoms with E-state index in [1.54, 1.807) is 17.5 Å². The molecule has 0 radical (unpaired) electrons. The van der Waals surface area contributed by atoms with Gasteiger partial charge in [0.1, 0.15) is 4.21 Å². The van der Waals surface area contributed by atoms with Crippen LogP contribution in [0.3, 0.4) is 0 Å². The van der Waals surface area contributed by atoms with Crippen LogP contribution in [-0.4, -0.2) is 50.3 Å². The lowest BCUT2D eigenvalue weighted by Crippen LogP contribution is -2.41. The number of thiophene rings is 1. The lowest BCUT2D eigenvalue weighted by Gasteiger charge is -2.29. The highest BCUT2D eigenvalue weighted by Crippen LogP contribution is 2.26. The average molecular weight is 403 g/mol. The number of sulfonamides is 1. The smallest absolute Gasteiger partial charge is 0.309 e. The molecule has 0 spiro atoms. The van der Waals surface area contributed by atoms with Crippen LogP contribution in [0.1, 0.15) is 39.5 Å². The molecule has 0 saturated carbocycles. The van der Waals surface area contributed by atoms with Crippen LogP contribution in [0.5, 0.6) is 0 Å². The molecule has 0 aromatic carbocycles. The number of ether oxygens (including phenoxy) is 1. The SMILES string of the molecule is CCC(CC)NC(=O)COC(=O)C1CCN(S(=O)(=O)c2cccs2)CC1. The number of hydrogen-bond donors (Lipinski definition) is 1. The van der Waals surface area contributed by atoms with Gasteiger partial charge in [0.2, 0.25) is 0 Å². The first kappa shape index (κ1) is 20.9. The molecule has 0 bridgehead atoms.